The first-order valence-corrected chi connectivity index (χ1v) is 6.90. The number of hydrogen-bond donors (Lipinski definition) is 0. The summed E-state index contributed by atoms with van der Waals surface area (Å²) in [6, 6.07) is 0. The largest absolute Gasteiger partial charge is 0.0625 e. The van der Waals surface area contributed by atoms with Gasteiger partial charge in [-0.15, -0.1) is 0 Å². The second kappa shape index (κ2) is 4.89. The zero-order chi connectivity index (χ0) is 11.6. The van der Waals surface area contributed by atoms with Crippen molar-refractivity contribution in [1.82, 2.24) is 0 Å². The smallest absolute Gasteiger partial charge is 0.0249 e. The van der Waals surface area contributed by atoms with Crippen molar-refractivity contribution in [2.75, 3.05) is 0 Å². The molecule has 0 aliphatic heterocycles. The van der Waals surface area contributed by atoms with Crippen molar-refractivity contribution in [3.63, 3.8) is 0 Å². The van der Waals surface area contributed by atoms with E-state index in [2.05, 4.69) is 41.5 Å². The molecule has 0 spiro atoms. The molecular formula is C15H30. The molecule has 0 bridgehead atoms. The van der Waals surface area contributed by atoms with E-state index in [9.17, 15) is 0 Å². The Morgan fingerprint density at radius 1 is 0.933 bits per heavy atom. The van der Waals surface area contributed by atoms with Gasteiger partial charge in [0.15, 0.2) is 0 Å². The van der Waals surface area contributed by atoms with Crippen molar-refractivity contribution in [2.24, 2.45) is 29.1 Å². The highest BCUT2D eigenvalue weighted by Crippen LogP contribution is 2.51. The summed E-state index contributed by atoms with van der Waals surface area (Å²) in [5.74, 6) is 3.55. The molecule has 1 rings (SSSR count). The lowest BCUT2D eigenvalue weighted by Crippen LogP contribution is -2.39. The van der Waals surface area contributed by atoms with Gasteiger partial charge in [0.1, 0.15) is 0 Å². The van der Waals surface area contributed by atoms with E-state index < -0.39 is 0 Å². The van der Waals surface area contributed by atoms with Gasteiger partial charge < -0.3 is 0 Å². The van der Waals surface area contributed by atoms with Crippen LogP contribution in [-0.4, -0.2) is 0 Å². The Kier molecular flexibility index (Phi) is 4.26. The first-order chi connectivity index (χ1) is 6.90. The fourth-order valence-electron chi connectivity index (χ4n) is 3.67. The van der Waals surface area contributed by atoms with Gasteiger partial charge in [0, 0.05) is 0 Å². The number of hydrogen-bond acceptors (Lipinski definition) is 0. The molecule has 0 aromatic heterocycles. The monoisotopic (exact) mass is 210 g/mol. The summed E-state index contributed by atoms with van der Waals surface area (Å²) < 4.78 is 0. The maximum atomic E-state index is 2.43. The summed E-state index contributed by atoms with van der Waals surface area (Å²) >= 11 is 0. The van der Waals surface area contributed by atoms with Crippen molar-refractivity contribution < 1.29 is 0 Å². The molecule has 90 valence electrons. The van der Waals surface area contributed by atoms with Crippen molar-refractivity contribution in [3.05, 3.63) is 0 Å². The Morgan fingerprint density at radius 3 is 1.87 bits per heavy atom. The van der Waals surface area contributed by atoms with E-state index in [1.807, 2.05) is 0 Å². The Morgan fingerprint density at radius 2 is 1.47 bits per heavy atom. The Bertz CT molecular complexity index is 180. The van der Waals surface area contributed by atoms with Gasteiger partial charge in [-0.2, -0.15) is 0 Å². The summed E-state index contributed by atoms with van der Waals surface area (Å²) in [5.41, 5.74) is 0.632. The molecule has 1 saturated carbocycles. The van der Waals surface area contributed by atoms with Crippen LogP contribution in [0.5, 0.6) is 0 Å². The fraction of sp³-hybridized carbons (Fsp3) is 1.00. The lowest BCUT2D eigenvalue weighted by molar-refractivity contribution is 0.0174. The normalized spacial score (nSPS) is 26.6. The molecule has 0 radical (unpaired) electrons. The van der Waals surface area contributed by atoms with Gasteiger partial charge in [0.05, 0.1) is 0 Å². The molecule has 0 nitrogen and oxygen atoms in total. The average molecular weight is 210 g/mol. The van der Waals surface area contributed by atoms with Gasteiger partial charge in [0.2, 0.25) is 0 Å². The summed E-state index contributed by atoms with van der Waals surface area (Å²) in [5, 5.41) is 0. The van der Waals surface area contributed by atoms with Crippen LogP contribution in [0.1, 0.15) is 67.2 Å². The third-order valence-electron chi connectivity index (χ3n) is 5.10. The molecule has 1 unspecified atom stereocenters. The van der Waals surface area contributed by atoms with Crippen molar-refractivity contribution in [1.29, 1.82) is 0 Å². The van der Waals surface area contributed by atoms with Crippen molar-refractivity contribution in [2.45, 2.75) is 67.2 Å². The topological polar surface area (TPSA) is 0 Å². The molecule has 1 aliphatic carbocycles. The van der Waals surface area contributed by atoms with Crippen LogP contribution in [0.15, 0.2) is 0 Å². The van der Waals surface area contributed by atoms with E-state index in [4.69, 9.17) is 0 Å². The fourth-order valence-corrected chi connectivity index (χ4v) is 3.67. The molecule has 0 saturated heterocycles. The molecule has 0 heterocycles. The van der Waals surface area contributed by atoms with Crippen molar-refractivity contribution >= 4 is 0 Å². The van der Waals surface area contributed by atoms with Crippen molar-refractivity contribution in [3.8, 4) is 0 Å². The molecule has 1 aliphatic rings. The van der Waals surface area contributed by atoms with Crippen LogP contribution in [0.3, 0.4) is 0 Å². The standard InChI is InChI=1S/C15H30/c1-11(2)14-8-7-9-15(10-14,12(3)4)13(5)6/h11-14H,7-10H2,1-6H3. The maximum absolute atomic E-state index is 2.43. The molecule has 1 atom stereocenters. The molecule has 0 heteroatoms. The van der Waals surface area contributed by atoms with Crippen LogP contribution in [0.2, 0.25) is 0 Å². The van der Waals surface area contributed by atoms with E-state index in [0.717, 1.165) is 23.7 Å². The van der Waals surface area contributed by atoms with Crippen LogP contribution in [-0.2, 0) is 0 Å². The Hall–Kier alpha value is 0. The first kappa shape index (κ1) is 13.1. The summed E-state index contributed by atoms with van der Waals surface area (Å²) in [4.78, 5) is 0. The molecule has 1 fully saturated rings. The van der Waals surface area contributed by atoms with Gasteiger partial charge in [-0.1, -0.05) is 54.4 Å². The van der Waals surface area contributed by atoms with Gasteiger partial charge in [-0.05, 0) is 41.9 Å². The summed E-state index contributed by atoms with van der Waals surface area (Å²) in [7, 11) is 0. The molecular weight excluding hydrogens is 180 g/mol. The SMILES string of the molecule is CC(C)C1CCCC(C(C)C)(C(C)C)C1. The molecule has 0 N–H and O–H groups in total. The highest BCUT2D eigenvalue weighted by atomic mass is 14.5. The van der Waals surface area contributed by atoms with Gasteiger partial charge in [-0.25, -0.2) is 0 Å². The van der Waals surface area contributed by atoms with Gasteiger partial charge in [-0.3, -0.25) is 0 Å². The molecule has 0 amide bonds. The predicted octanol–water partition coefficient (Wildman–Crippen LogP) is 5.13. The quantitative estimate of drug-likeness (QED) is 0.605. The van der Waals surface area contributed by atoms with E-state index in [1.165, 1.54) is 25.7 Å². The maximum Gasteiger partial charge on any atom is -0.0249 e. The van der Waals surface area contributed by atoms with E-state index in [1.54, 1.807) is 0 Å². The minimum Gasteiger partial charge on any atom is -0.0625 e. The highest BCUT2D eigenvalue weighted by Gasteiger charge is 2.41. The van der Waals surface area contributed by atoms with Crippen LogP contribution in [0, 0.1) is 29.1 Å². The third kappa shape index (κ3) is 2.57. The lowest BCUT2D eigenvalue weighted by Gasteiger charge is -2.48. The highest BCUT2D eigenvalue weighted by molar-refractivity contribution is 4.91. The molecule has 0 aromatic carbocycles. The third-order valence-corrected chi connectivity index (χ3v) is 5.10. The van der Waals surface area contributed by atoms with Gasteiger partial charge in [0.25, 0.3) is 0 Å². The minimum atomic E-state index is 0.632. The zero-order valence-electron chi connectivity index (χ0n) is 11.6. The lowest BCUT2D eigenvalue weighted by atomic mass is 9.57. The van der Waals surface area contributed by atoms with E-state index >= 15 is 0 Å². The second-order valence-corrected chi connectivity index (χ2v) is 6.64. The van der Waals surface area contributed by atoms with Gasteiger partial charge >= 0.3 is 0 Å². The van der Waals surface area contributed by atoms with Crippen LogP contribution < -0.4 is 0 Å². The van der Waals surface area contributed by atoms with Crippen LogP contribution >= 0.6 is 0 Å². The Balaban J connectivity index is 2.80. The molecule has 0 aromatic rings. The summed E-state index contributed by atoms with van der Waals surface area (Å²) in [6.07, 6.45) is 5.86. The second-order valence-electron chi connectivity index (χ2n) is 6.64. The number of rotatable bonds is 3. The average Bonchev–Trinajstić information content (AvgIpc) is 2.17. The van der Waals surface area contributed by atoms with Crippen LogP contribution in [0.4, 0.5) is 0 Å². The van der Waals surface area contributed by atoms with Crippen LogP contribution in [0.25, 0.3) is 0 Å². The van der Waals surface area contributed by atoms with E-state index in [0.29, 0.717) is 5.41 Å². The van der Waals surface area contributed by atoms with E-state index in [-0.39, 0.29) is 0 Å². The Labute approximate surface area is 96.8 Å². The predicted molar refractivity (Wildman–Crippen MR) is 68.9 cm³/mol. The summed E-state index contributed by atoms with van der Waals surface area (Å²) in [6.45, 7) is 14.5. The first-order valence-electron chi connectivity index (χ1n) is 6.90. The molecule has 15 heavy (non-hydrogen) atoms. The zero-order valence-corrected chi connectivity index (χ0v) is 11.6. The minimum absolute atomic E-state index is 0.632.